The van der Waals surface area contributed by atoms with Gasteiger partial charge in [0.1, 0.15) is 12.2 Å². The first-order valence-electron chi connectivity index (χ1n) is 10.5. The number of ether oxygens (including phenoxy) is 1. The topological polar surface area (TPSA) is 103 Å². The van der Waals surface area contributed by atoms with Crippen LogP contribution >= 0.6 is 0 Å². The van der Waals surface area contributed by atoms with Crippen molar-refractivity contribution in [1.29, 1.82) is 0 Å². The molecule has 174 valence electrons. The molecule has 0 fully saturated rings. The van der Waals surface area contributed by atoms with E-state index in [-0.39, 0.29) is 17.1 Å². The Morgan fingerprint density at radius 3 is 2.47 bits per heavy atom. The van der Waals surface area contributed by atoms with Crippen LogP contribution in [0.5, 0.6) is 0 Å². The maximum Gasteiger partial charge on any atom is 0.338 e. The van der Waals surface area contributed by atoms with E-state index in [4.69, 9.17) is 9.15 Å². The van der Waals surface area contributed by atoms with Crippen molar-refractivity contribution in [3.63, 3.8) is 0 Å². The standard InChI is InChI=1S/C26H23NO6S/c1-16-5-4-6-21(11-16)27-34(30,31)24-13-19(9-8-18(24)3)26(29)32-15-20-14-25(28)33-23-12-17(2)7-10-22(20)23/h4-14,27H,15H2,1-3H3. The van der Waals surface area contributed by atoms with E-state index in [1.807, 2.05) is 26.0 Å². The van der Waals surface area contributed by atoms with E-state index in [9.17, 15) is 18.0 Å². The Hall–Kier alpha value is -3.91. The van der Waals surface area contributed by atoms with Crippen LogP contribution in [0.1, 0.15) is 32.6 Å². The van der Waals surface area contributed by atoms with Crippen LogP contribution in [0.4, 0.5) is 5.69 Å². The van der Waals surface area contributed by atoms with E-state index in [0.717, 1.165) is 11.1 Å². The van der Waals surface area contributed by atoms with Gasteiger partial charge in [-0.1, -0.05) is 30.3 Å². The lowest BCUT2D eigenvalue weighted by Gasteiger charge is -2.13. The summed E-state index contributed by atoms with van der Waals surface area (Å²) in [6.45, 7) is 5.22. The highest BCUT2D eigenvalue weighted by molar-refractivity contribution is 7.92. The fourth-order valence-corrected chi connectivity index (χ4v) is 4.94. The summed E-state index contributed by atoms with van der Waals surface area (Å²) in [4.78, 5) is 24.6. The molecule has 1 aromatic heterocycles. The van der Waals surface area contributed by atoms with Crippen LogP contribution < -0.4 is 10.3 Å². The van der Waals surface area contributed by atoms with E-state index >= 15 is 0 Å². The highest BCUT2D eigenvalue weighted by Crippen LogP contribution is 2.23. The van der Waals surface area contributed by atoms with Crippen molar-refractivity contribution in [3.05, 3.63) is 105 Å². The number of carbonyl (C=O) groups is 1. The van der Waals surface area contributed by atoms with E-state index in [1.165, 1.54) is 18.2 Å². The summed E-state index contributed by atoms with van der Waals surface area (Å²) in [6, 6.07) is 18.0. The molecule has 0 aliphatic rings. The van der Waals surface area contributed by atoms with Crippen molar-refractivity contribution in [1.82, 2.24) is 0 Å². The first-order chi connectivity index (χ1) is 16.1. The molecule has 1 heterocycles. The Bertz CT molecular complexity index is 1570. The number of fused-ring (bicyclic) bond motifs is 1. The van der Waals surface area contributed by atoms with Crippen LogP contribution in [0, 0.1) is 20.8 Å². The van der Waals surface area contributed by atoms with E-state index < -0.39 is 21.6 Å². The summed E-state index contributed by atoms with van der Waals surface area (Å²) in [5.41, 5.74) is 3.19. The highest BCUT2D eigenvalue weighted by Gasteiger charge is 2.20. The number of esters is 1. The summed E-state index contributed by atoms with van der Waals surface area (Å²) in [6.07, 6.45) is 0. The molecule has 8 heteroatoms. The normalized spacial score (nSPS) is 11.4. The second kappa shape index (κ2) is 9.15. The monoisotopic (exact) mass is 477 g/mol. The van der Waals surface area contributed by atoms with Gasteiger partial charge in [0, 0.05) is 22.7 Å². The van der Waals surface area contributed by atoms with Crippen molar-refractivity contribution in [2.24, 2.45) is 0 Å². The molecule has 0 amide bonds. The second-order valence-corrected chi connectivity index (χ2v) is 9.77. The van der Waals surface area contributed by atoms with Crippen molar-refractivity contribution in [3.8, 4) is 0 Å². The number of hydrogen-bond donors (Lipinski definition) is 1. The van der Waals surface area contributed by atoms with Crippen LogP contribution in [0.15, 0.2) is 80.8 Å². The molecule has 4 rings (SSSR count). The largest absolute Gasteiger partial charge is 0.457 e. The van der Waals surface area contributed by atoms with E-state index in [2.05, 4.69) is 4.72 Å². The zero-order chi connectivity index (χ0) is 24.5. The number of aryl methyl sites for hydroxylation is 3. The Morgan fingerprint density at radius 2 is 1.71 bits per heavy atom. The van der Waals surface area contributed by atoms with Gasteiger partial charge in [0.05, 0.1) is 10.5 Å². The number of nitrogens with one attached hydrogen (secondary N) is 1. The number of benzene rings is 3. The fraction of sp³-hybridized carbons (Fsp3) is 0.154. The predicted molar refractivity (Wildman–Crippen MR) is 130 cm³/mol. The minimum absolute atomic E-state index is 0.0234. The van der Waals surface area contributed by atoms with Crippen molar-refractivity contribution in [2.45, 2.75) is 32.3 Å². The lowest BCUT2D eigenvalue weighted by atomic mass is 10.1. The van der Waals surface area contributed by atoms with Gasteiger partial charge >= 0.3 is 11.6 Å². The third-order valence-corrected chi connectivity index (χ3v) is 6.85. The number of rotatable bonds is 6. The summed E-state index contributed by atoms with van der Waals surface area (Å²) in [7, 11) is -3.93. The zero-order valence-corrected chi connectivity index (χ0v) is 19.7. The van der Waals surface area contributed by atoms with Gasteiger partial charge in [-0.2, -0.15) is 0 Å². The molecule has 34 heavy (non-hydrogen) atoms. The third-order valence-electron chi connectivity index (χ3n) is 5.33. The van der Waals surface area contributed by atoms with Crippen molar-refractivity contribution >= 4 is 32.6 Å². The van der Waals surface area contributed by atoms with Gasteiger partial charge in [0.15, 0.2) is 0 Å². The van der Waals surface area contributed by atoms with Crippen molar-refractivity contribution < 1.29 is 22.4 Å². The van der Waals surface area contributed by atoms with Crippen LogP contribution in [0.2, 0.25) is 0 Å². The van der Waals surface area contributed by atoms with Crippen LogP contribution in [0.3, 0.4) is 0 Å². The van der Waals surface area contributed by atoms with Gasteiger partial charge in [-0.15, -0.1) is 0 Å². The predicted octanol–water partition coefficient (Wildman–Crippen LogP) is 4.88. The summed E-state index contributed by atoms with van der Waals surface area (Å²) < 4.78 is 39.2. The molecule has 0 unspecified atom stereocenters. The maximum atomic E-state index is 13.0. The molecule has 4 aromatic rings. The Labute approximate surface area is 197 Å². The van der Waals surface area contributed by atoms with Gasteiger partial charge in [0.2, 0.25) is 0 Å². The SMILES string of the molecule is Cc1cccc(NS(=O)(=O)c2cc(C(=O)OCc3cc(=O)oc4cc(C)ccc34)ccc2C)c1. The lowest BCUT2D eigenvalue weighted by Crippen LogP contribution is -2.16. The van der Waals surface area contributed by atoms with Gasteiger partial charge in [-0.25, -0.2) is 18.0 Å². The number of sulfonamides is 1. The average molecular weight is 478 g/mol. The maximum absolute atomic E-state index is 13.0. The van der Waals surface area contributed by atoms with Crippen molar-refractivity contribution in [2.75, 3.05) is 4.72 Å². The second-order valence-electron chi connectivity index (χ2n) is 8.12. The quantitative estimate of drug-likeness (QED) is 0.314. The molecule has 0 radical (unpaired) electrons. The lowest BCUT2D eigenvalue weighted by molar-refractivity contribution is 0.0473. The van der Waals surface area contributed by atoms with Crippen LogP contribution in [-0.2, 0) is 21.4 Å². The summed E-state index contributed by atoms with van der Waals surface area (Å²) in [5, 5.41) is 0.660. The Balaban J connectivity index is 1.58. The number of anilines is 1. The molecule has 0 spiro atoms. The molecule has 0 aliphatic heterocycles. The molecule has 0 atom stereocenters. The molecular formula is C26H23NO6S. The number of hydrogen-bond acceptors (Lipinski definition) is 6. The molecule has 3 aromatic carbocycles. The fourth-order valence-electron chi connectivity index (χ4n) is 3.62. The Morgan fingerprint density at radius 1 is 0.941 bits per heavy atom. The van der Waals surface area contributed by atoms with Crippen LogP contribution in [-0.4, -0.2) is 14.4 Å². The number of carbonyl (C=O) groups excluding carboxylic acids is 1. The Kier molecular flexibility index (Phi) is 6.26. The first kappa shape index (κ1) is 23.3. The third kappa shape index (κ3) is 5.02. The first-order valence-corrected chi connectivity index (χ1v) is 12.0. The molecule has 0 saturated heterocycles. The minimum atomic E-state index is -3.93. The minimum Gasteiger partial charge on any atom is -0.457 e. The summed E-state index contributed by atoms with van der Waals surface area (Å²) in [5.74, 6) is -0.708. The highest BCUT2D eigenvalue weighted by atomic mass is 32.2. The molecule has 7 nitrogen and oxygen atoms in total. The van der Waals surface area contributed by atoms with Gasteiger partial charge in [-0.3, -0.25) is 4.72 Å². The molecule has 0 saturated carbocycles. The van der Waals surface area contributed by atoms with Gasteiger partial charge < -0.3 is 9.15 Å². The van der Waals surface area contributed by atoms with E-state index in [1.54, 1.807) is 43.3 Å². The summed E-state index contributed by atoms with van der Waals surface area (Å²) >= 11 is 0. The molecule has 1 N–H and O–H groups in total. The molecular weight excluding hydrogens is 454 g/mol. The molecule has 0 aliphatic carbocycles. The van der Waals surface area contributed by atoms with E-state index in [0.29, 0.717) is 27.8 Å². The van der Waals surface area contributed by atoms with Crippen LogP contribution in [0.25, 0.3) is 11.0 Å². The molecule has 0 bridgehead atoms. The average Bonchev–Trinajstić information content (AvgIpc) is 2.76. The van der Waals surface area contributed by atoms with Gasteiger partial charge in [0.25, 0.3) is 10.0 Å². The van der Waals surface area contributed by atoms with Gasteiger partial charge in [-0.05, 0) is 67.8 Å². The smallest absolute Gasteiger partial charge is 0.338 e. The zero-order valence-electron chi connectivity index (χ0n) is 18.9.